The lowest BCUT2D eigenvalue weighted by molar-refractivity contribution is -0.150. The van der Waals surface area contributed by atoms with E-state index >= 15 is 0 Å². The first-order valence-corrected chi connectivity index (χ1v) is 12.9. The fourth-order valence-corrected chi connectivity index (χ4v) is 4.50. The van der Waals surface area contributed by atoms with Gasteiger partial charge in [-0.1, -0.05) is 46.3 Å². The maximum Gasteiger partial charge on any atom is 0.347 e. The zero-order valence-electron chi connectivity index (χ0n) is 21.4. The number of methoxy groups -OCH3 is 1. The summed E-state index contributed by atoms with van der Waals surface area (Å²) in [4.78, 5) is 30.6. The summed E-state index contributed by atoms with van der Waals surface area (Å²) in [6.45, 7) is 3.52. The third-order valence-electron chi connectivity index (χ3n) is 5.89. The first kappa shape index (κ1) is 26.2. The minimum Gasteiger partial charge on any atom is -0.493 e. The van der Waals surface area contributed by atoms with Crippen molar-refractivity contribution in [3.05, 3.63) is 87.1 Å². The first-order chi connectivity index (χ1) is 18.9. The number of rotatable bonds is 8. The molecule has 2 aromatic heterocycles. The predicted octanol–water partition coefficient (Wildman–Crippen LogP) is 5.79. The van der Waals surface area contributed by atoms with Crippen molar-refractivity contribution in [3.63, 3.8) is 0 Å². The highest BCUT2D eigenvalue weighted by molar-refractivity contribution is 9.10. The van der Waals surface area contributed by atoms with Gasteiger partial charge in [-0.2, -0.15) is 9.78 Å². The van der Waals surface area contributed by atoms with Crippen LogP contribution in [0, 0.1) is 0 Å². The maximum atomic E-state index is 13.6. The van der Waals surface area contributed by atoms with Crippen LogP contribution in [0.15, 0.2) is 85.5 Å². The van der Waals surface area contributed by atoms with Crippen LogP contribution in [0.4, 0.5) is 0 Å². The molecule has 5 aromatic rings. The van der Waals surface area contributed by atoms with Gasteiger partial charge in [-0.15, -0.1) is 0 Å². The van der Waals surface area contributed by atoms with Crippen molar-refractivity contribution in [2.24, 2.45) is 5.10 Å². The molecular formula is C29H24BrN3O6. The summed E-state index contributed by atoms with van der Waals surface area (Å²) in [5, 5.41) is 5.79. The number of benzene rings is 3. The van der Waals surface area contributed by atoms with Gasteiger partial charge in [-0.3, -0.25) is 4.79 Å². The second-order valence-corrected chi connectivity index (χ2v) is 9.42. The summed E-state index contributed by atoms with van der Waals surface area (Å²) >= 11 is 3.47. The van der Waals surface area contributed by atoms with E-state index in [9.17, 15) is 9.59 Å². The molecule has 1 atom stereocenters. The standard InChI is InChI=1S/C29H24BrN3O6/c1-4-37-29(35)17(2)38-26-19(13-20(30)15-24(26)36-3)16-31-33-27(25-14-18-9-5-8-12-23(18)39-25)32-22-11-7-6-10-21(22)28(33)34/h5-17H,4H2,1-3H3/t17-/m1/s1. The molecule has 0 aliphatic rings. The molecule has 5 rings (SSSR count). The van der Waals surface area contributed by atoms with Crippen molar-refractivity contribution < 1.29 is 23.4 Å². The molecule has 0 saturated heterocycles. The van der Waals surface area contributed by atoms with Gasteiger partial charge in [-0.25, -0.2) is 9.78 Å². The molecule has 0 saturated carbocycles. The molecule has 0 N–H and O–H groups in total. The topological polar surface area (TPSA) is 105 Å². The van der Waals surface area contributed by atoms with Crippen LogP contribution in [0.25, 0.3) is 33.5 Å². The van der Waals surface area contributed by atoms with E-state index in [1.54, 1.807) is 44.2 Å². The fraction of sp³-hybridized carbons (Fsp3) is 0.172. The Bertz CT molecular complexity index is 1740. The van der Waals surface area contributed by atoms with Gasteiger partial charge in [0.2, 0.25) is 5.82 Å². The number of furan rings is 1. The molecule has 0 aliphatic carbocycles. The summed E-state index contributed by atoms with van der Waals surface area (Å²) in [5.74, 6) is 0.721. The van der Waals surface area contributed by atoms with Crippen LogP contribution in [-0.4, -0.2) is 41.7 Å². The Balaban J connectivity index is 1.66. The molecule has 0 radical (unpaired) electrons. The lowest BCUT2D eigenvalue weighted by Crippen LogP contribution is -2.26. The quantitative estimate of drug-likeness (QED) is 0.166. The second kappa shape index (κ2) is 11.1. The molecule has 0 bridgehead atoms. The highest BCUT2D eigenvalue weighted by Crippen LogP contribution is 2.35. The second-order valence-electron chi connectivity index (χ2n) is 8.50. The number of hydrogen-bond acceptors (Lipinski definition) is 8. The Hall–Kier alpha value is -4.44. The number of ether oxygens (including phenoxy) is 3. The van der Waals surface area contributed by atoms with E-state index in [4.69, 9.17) is 23.6 Å². The number of fused-ring (bicyclic) bond motifs is 2. The highest BCUT2D eigenvalue weighted by atomic mass is 79.9. The summed E-state index contributed by atoms with van der Waals surface area (Å²) in [7, 11) is 1.49. The van der Waals surface area contributed by atoms with E-state index < -0.39 is 12.1 Å². The Kier molecular flexibility index (Phi) is 7.47. The number of para-hydroxylation sites is 2. The van der Waals surface area contributed by atoms with Gasteiger partial charge in [0.15, 0.2) is 23.4 Å². The summed E-state index contributed by atoms with van der Waals surface area (Å²) in [6, 6.07) is 19.8. The Morgan fingerprint density at radius 3 is 2.69 bits per heavy atom. The Morgan fingerprint density at radius 1 is 1.15 bits per heavy atom. The molecule has 0 unspecified atom stereocenters. The van der Waals surface area contributed by atoms with Crippen LogP contribution < -0.4 is 15.0 Å². The van der Waals surface area contributed by atoms with Crippen molar-refractivity contribution in [1.29, 1.82) is 0 Å². The molecule has 0 amide bonds. The third-order valence-corrected chi connectivity index (χ3v) is 6.35. The molecule has 3 aromatic carbocycles. The molecule has 0 fully saturated rings. The lowest BCUT2D eigenvalue weighted by Gasteiger charge is -2.18. The normalized spacial score (nSPS) is 12.2. The van der Waals surface area contributed by atoms with Crippen LogP contribution in [0.1, 0.15) is 19.4 Å². The van der Waals surface area contributed by atoms with Crippen LogP contribution in [0.5, 0.6) is 11.5 Å². The van der Waals surface area contributed by atoms with E-state index in [1.807, 2.05) is 36.4 Å². The van der Waals surface area contributed by atoms with Crippen molar-refractivity contribution in [2.75, 3.05) is 13.7 Å². The van der Waals surface area contributed by atoms with Crippen LogP contribution in [0.2, 0.25) is 0 Å². The van der Waals surface area contributed by atoms with Gasteiger partial charge in [0.25, 0.3) is 5.56 Å². The van der Waals surface area contributed by atoms with E-state index in [2.05, 4.69) is 21.0 Å². The van der Waals surface area contributed by atoms with Gasteiger partial charge in [0.05, 0.1) is 30.8 Å². The van der Waals surface area contributed by atoms with Crippen molar-refractivity contribution >= 4 is 50.0 Å². The third kappa shape index (κ3) is 5.28. The van der Waals surface area contributed by atoms with Crippen molar-refractivity contribution in [2.45, 2.75) is 20.0 Å². The van der Waals surface area contributed by atoms with Crippen LogP contribution in [-0.2, 0) is 9.53 Å². The number of carbonyl (C=O) groups is 1. The van der Waals surface area contributed by atoms with Crippen molar-refractivity contribution in [3.8, 4) is 23.1 Å². The zero-order valence-corrected chi connectivity index (χ0v) is 23.0. The predicted molar refractivity (Wildman–Crippen MR) is 152 cm³/mol. The van der Waals surface area contributed by atoms with Crippen LogP contribution >= 0.6 is 15.9 Å². The highest BCUT2D eigenvalue weighted by Gasteiger charge is 2.21. The lowest BCUT2D eigenvalue weighted by atomic mass is 10.2. The monoisotopic (exact) mass is 589 g/mol. The molecule has 2 heterocycles. The van der Waals surface area contributed by atoms with E-state index in [0.717, 1.165) is 5.39 Å². The number of halogens is 1. The van der Waals surface area contributed by atoms with E-state index in [0.29, 0.717) is 38.0 Å². The number of hydrogen-bond donors (Lipinski definition) is 0. The van der Waals surface area contributed by atoms with E-state index in [1.165, 1.54) is 18.0 Å². The number of esters is 1. The number of aromatic nitrogens is 2. The van der Waals surface area contributed by atoms with Gasteiger partial charge in [-0.05, 0) is 50.2 Å². The van der Waals surface area contributed by atoms with Gasteiger partial charge in [0, 0.05) is 15.4 Å². The fourth-order valence-electron chi connectivity index (χ4n) is 4.05. The van der Waals surface area contributed by atoms with Gasteiger partial charge >= 0.3 is 5.97 Å². The van der Waals surface area contributed by atoms with Crippen molar-refractivity contribution in [1.82, 2.24) is 9.66 Å². The minimum atomic E-state index is -0.914. The zero-order chi connectivity index (χ0) is 27.5. The molecule has 0 spiro atoms. The SMILES string of the molecule is CCOC(=O)[C@@H](C)Oc1c(C=Nn2c(-c3cc4ccccc4o3)nc3ccccc3c2=O)cc(Br)cc1OC. The number of carbonyl (C=O) groups excluding carboxylic acids is 1. The largest absolute Gasteiger partial charge is 0.493 e. The smallest absolute Gasteiger partial charge is 0.347 e. The minimum absolute atomic E-state index is 0.223. The van der Waals surface area contributed by atoms with Gasteiger partial charge < -0.3 is 18.6 Å². The average Bonchev–Trinajstić information content (AvgIpc) is 3.37. The number of nitrogens with zero attached hydrogens (tertiary/aromatic N) is 3. The van der Waals surface area contributed by atoms with Gasteiger partial charge in [0.1, 0.15) is 5.58 Å². The molecule has 9 nitrogen and oxygen atoms in total. The average molecular weight is 590 g/mol. The molecular weight excluding hydrogens is 566 g/mol. The summed E-state index contributed by atoms with van der Waals surface area (Å²) in [6.07, 6.45) is 0.535. The van der Waals surface area contributed by atoms with E-state index in [-0.39, 0.29) is 23.7 Å². The summed E-state index contributed by atoms with van der Waals surface area (Å²) in [5.41, 5.74) is 1.25. The molecule has 10 heteroatoms. The Labute approximate surface area is 231 Å². The molecule has 39 heavy (non-hydrogen) atoms. The maximum absolute atomic E-state index is 13.6. The Morgan fingerprint density at radius 2 is 1.92 bits per heavy atom. The molecule has 0 aliphatic heterocycles. The summed E-state index contributed by atoms with van der Waals surface area (Å²) < 4.78 is 24.4. The first-order valence-electron chi connectivity index (χ1n) is 12.2. The van der Waals surface area contributed by atoms with Crippen LogP contribution in [0.3, 0.4) is 0 Å². The molecule has 198 valence electrons.